The number of ether oxygens (including phenoxy) is 2. The number of sulfonamides is 1. The minimum absolute atomic E-state index is 0.0159. The quantitative estimate of drug-likeness (QED) is 0.593. The van der Waals surface area contributed by atoms with E-state index < -0.39 is 16.1 Å². The molecular weight excluding hydrogens is 430 g/mol. The fourth-order valence-electron chi connectivity index (χ4n) is 2.71. The highest BCUT2D eigenvalue weighted by molar-refractivity contribution is 7.90. The van der Waals surface area contributed by atoms with E-state index in [1.54, 1.807) is 36.4 Å². The summed E-state index contributed by atoms with van der Waals surface area (Å²) in [5.41, 5.74) is 1.00. The second-order valence-corrected chi connectivity index (χ2v) is 8.00. The first-order valence-electron chi connectivity index (χ1n) is 8.62. The van der Waals surface area contributed by atoms with Crippen LogP contribution in [0.2, 0.25) is 5.02 Å². The summed E-state index contributed by atoms with van der Waals surface area (Å²) in [7, 11) is -1.47. The highest BCUT2D eigenvalue weighted by Crippen LogP contribution is 2.33. The van der Waals surface area contributed by atoms with Crippen LogP contribution < -0.4 is 19.5 Å². The van der Waals surface area contributed by atoms with E-state index in [0.29, 0.717) is 16.9 Å². The van der Waals surface area contributed by atoms with Crippen LogP contribution in [0, 0.1) is 0 Å². The molecule has 10 heteroatoms. The maximum Gasteiger partial charge on any atom is 0.334 e. The van der Waals surface area contributed by atoms with Crippen LogP contribution in [0.4, 0.5) is 10.6 Å². The van der Waals surface area contributed by atoms with Crippen LogP contribution in [0.5, 0.6) is 11.6 Å². The molecule has 2 aromatic carbocycles. The van der Waals surface area contributed by atoms with Gasteiger partial charge < -0.3 is 9.47 Å². The van der Waals surface area contributed by atoms with E-state index in [9.17, 15) is 13.2 Å². The Balaban J connectivity index is 1.90. The molecule has 3 aromatic rings. The Morgan fingerprint density at radius 2 is 1.73 bits per heavy atom. The van der Waals surface area contributed by atoms with Crippen LogP contribution in [-0.4, -0.2) is 33.7 Å². The second kappa shape index (κ2) is 9.02. The molecule has 0 radical (unpaired) electrons. The van der Waals surface area contributed by atoms with Gasteiger partial charge in [0.1, 0.15) is 16.5 Å². The molecule has 30 heavy (non-hydrogen) atoms. The maximum absolute atomic E-state index is 13.0. The van der Waals surface area contributed by atoms with Gasteiger partial charge in [-0.25, -0.2) is 17.9 Å². The fraction of sp³-hybridized carbons (Fsp3) is 0.100. The summed E-state index contributed by atoms with van der Waals surface area (Å²) in [5.74, 6) is 0.601. The Labute approximate surface area is 178 Å². The number of urea groups is 1. The molecule has 0 aliphatic carbocycles. The zero-order valence-electron chi connectivity index (χ0n) is 16.0. The van der Waals surface area contributed by atoms with Gasteiger partial charge in [0.25, 0.3) is 10.0 Å². The Hall–Kier alpha value is -3.30. The minimum atomic E-state index is -4.30. The van der Waals surface area contributed by atoms with Gasteiger partial charge in [-0.05, 0) is 11.6 Å². The lowest BCUT2D eigenvalue weighted by Crippen LogP contribution is -2.35. The number of aromatic nitrogens is 1. The first kappa shape index (κ1) is 21.4. The number of amides is 2. The molecule has 8 nitrogen and oxygen atoms in total. The maximum atomic E-state index is 13.0. The lowest BCUT2D eigenvalue weighted by molar-refractivity contribution is 0.256. The van der Waals surface area contributed by atoms with Crippen molar-refractivity contribution < 1.29 is 22.7 Å². The topological polar surface area (TPSA) is 107 Å². The number of anilines is 1. The molecule has 0 aliphatic rings. The van der Waals surface area contributed by atoms with Crippen molar-refractivity contribution in [2.75, 3.05) is 19.5 Å². The number of halogens is 1. The van der Waals surface area contributed by atoms with Crippen molar-refractivity contribution in [2.24, 2.45) is 0 Å². The van der Waals surface area contributed by atoms with Crippen molar-refractivity contribution in [1.29, 1.82) is 0 Å². The number of nitrogens with zero attached hydrogens (tertiary/aromatic N) is 1. The molecule has 0 unspecified atom stereocenters. The van der Waals surface area contributed by atoms with Crippen molar-refractivity contribution in [3.8, 4) is 22.8 Å². The number of carbonyl (C=O) groups is 1. The summed E-state index contributed by atoms with van der Waals surface area (Å²) in [5, 5.41) is 2.34. The van der Waals surface area contributed by atoms with E-state index in [0.717, 1.165) is 0 Å². The van der Waals surface area contributed by atoms with E-state index in [-0.39, 0.29) is 21.6 Å². The van der Waals surface area contributed by atoms with Crippen molar-refractivity contribution in [1.82, 2.24) is 9.71 Å². The third kappa shape index (κ3) is 4.81. The normalized spacial score (nSPS) is 10.9. The largest absolute Gasteiger partial charge is 0.496 e. The summed E-state index contributed by atoms with van der Waals surface area (Å²) < 4.78 is 38.0. The monoisotopic (exact) mass is 447 g/mol. The molecule has 0 saturated heterocycles. The predicted molar refractivity (Wildman–Crippen MR) is 114 cm³/mol. The van der Waals surface area contributed by atoms with Crippen LogP contribution in [0.15, 0.2) is 65.6 Å². The number of pyridine rings is 1. The molecule has 0 bridgehead atoms. The number of benzene rings is 2. The molecule has 3 rings (SSSR count). The zero-order chi connectivity index (χ0) is 21.7. The number of hydrogen-bond acceptors (Lipinski definition) is 6. The summed E-state index contributed by atoms with van der Waals surface area (Å²) in [6.07, 6.45) is 0. The lowest BCUT2D eigenvalue weighted by Gasteiger charge is -2.14. The van der Waals surface area contributed by atoms with E-state index in [1.165, 1.54) is 32.4 Å². The summed E-state index contributed by atoms with van der Waals surface area (Å²) in [4.78, 5) is 16.2. The van der Waals surface area contributed by atoms with Crippen LogP contribution in [0.1, 0.15) is 0 Å². The Kier molecular flexibility index (Phi) is 6.43. The van der Waals surface area contributed by atoms with Gasteiger partial charge in [-0.15, -0.1) is 0 Å². The van der Waals surface area contributed by atoms with E-state index >= 15 is 0 Å². The Morgan fingerprint density at radius 3 is 2.40 bits per heavy atom. The first-order chi connectivity index (χ1) is 14.3. The molecule has 0 saturated carbocycles. The SMILES string of the molecule is COc1cc(NC(=O)NS(=O)(=O)c2c(Cl)cccc2-c2ccccc2)nc(OC)c1. The predicted octanol–water partition coefficient (Wildman–Crippen LogP) is 3.93. The van der Waals surface area contributed by atoms with Gasteiger partial charge in [-0.1, -0.05) is 54.1 Å². The number of carbonyl (C=O) groups excluding carboxylic acids is 1. The smallest absolute Gasteiger partial charge is 0.334 e. The molecule has 1 heterocycles. The summed E-state index contributed by atoms with van der Waals surface area (Å²) >= 11 is 6.19. The molecule has 156 valence electrons. The third-order valence-corrected chi connectivity index (χ3v) is 5.87. The molecule has 0 fully saturated rings. The summed E-state index contributed by atoms with van der Waals surface area (Å²) in [6.45, 7) is 0. The molecule has 2 amide bonds. The van der Waals surface area contributed by atoms with E-state index in [2.05, 4.69) is 10.3 Å². The fourth-order valence-corrected chi connectivity index (χ4v) is 4.39. The standard InChI is InChI=1S/C20H18ClN3O5S/c1-28-14-11-17(22-18(12-14)29-2)23-20(25)24-30(26,27)19-15(9-6-10-16(19)21)13-7-4-3-5-8-13/h3-12H,1-2H3,(H2,22,23,24,25). The molecular formula is C20H18ClN3O5S. The van der Waals surface area contributed by atoms with Crippen LogP contribution in [-0.2, 0) is 10.0 Å². The number of nitrogens with one attached hydrogen (secondary N) is 2. The van der Waals surface area contributed by atoms with Crippen molar-refractivity contribution >= 4 is 33.5 Å². The molecule has 0 aliphatic heterocycles. The minimum Gasteiger partial charge on any atom is -0.496 e. The van der Waals surface area contributed by atoms with Gasteiger partial charge >= 0.3 is 6.03 Å². The van der Waals surface area contributed by atoms with Crippen molar-refractivity contribution in [3.63, 3.8) is 0 Å². The van der Waals surface area contributed by atoms with Crippen molar-refractivity contribution in [2.45, 2.75) is 4.90 Å². The van der Waals surface area contributed by atoms with Crippen LogP contribution >= 0.6 is 11.6 Å². The number of methoxy groups -OCH3 is 2. The number of hydrogen-bond donors (Lipinski definition) is 2. The zero-order valence-corrected chi connectivity index (χ0v) is 17.6. The van der Waals surface area contributed by atoms with Gasteiger partial charge in [-0.2, -0.15) is 4.98 Å². The van der Waals surface area contributed by atoms with Gasteiger partial charge in [0.15, 0.2) is 0 Å². The van der Waals surface area contributed by atoms with Crippen LogP contribution in [0.3, 0.4) is 0 Å². The van der Waals surface area contributed by atoms with Gasteiger partial charge in [0, 0.05) is 17.7 Å². The molecule has 2 N–H and O–H groups in total. The van der Waals surface area contributed by atoms with E-state index in [1.807, 2.05) is 10.8 Å². The molecule has 1 aromatic heterocycles. The Morgan fingerprint density at radius 1 is 1.00 bits per heavy atom. The third-order valence-electron chi connectivity index (χ3n) is 4.01. The van der Waals surface area contributed by atoms with Crippen molar-refractivity contribution in [3.05, 3.63) is 65.7 Å². The average Bonchev–Trinajstić information content (AvgIpc) is 2.73. The highest BCUT2D eigenvalue weighted by Gasteiger charge is 2.25. The average molecular weight is 448 g/mol. The van der Waals surface area contributed by atoms with Gasteiger partial charge in [-0.3, -0.25) is 5.32 Å². The van der Waals surface area contributed by atoms with Crippen LogP contribution in [0.25, 0.3) is 11.1 Å². The second-order valence-electron chi connectivity index (χ2n) is 5.98. The summed E-state index contributed by atoms with van der Waals surface area (Å²) in [6, 6.07) is 15.4. The Bertz CT molecular complexity index is 1150. The van der Waals surface area contributed by atoms with Gasteiger partial charge in [0.05, 0.1) is 19.2 Å². The number of rotatable bonds is 6. The lowest BCUT2D eigenvalue weighted by atomic mass is 10.1. The highest BCUT2D eigenvalue weighted by atomic mass is 35.5. The van der Waals surface area contributed by atoms with Gasteiger partial charge in [0.2, 0.25) is 5.88 Å². The van der Waals surface area contributed by atoms with E-state index in [4.69, 9.17) is 21.1 Å². The molecule has 0 atom stereocenters. The first-order valence-corrected chi connectivity index (χ1v) is 10.5. The molecule has 0 spiro atoms.